The Morgan fingerprint density at radius 2 is 1.49 bits per heavy atom. The van der Waals surface area contributed by atoms with Crippen LogP contribution in [-0.4, -0.2) is 18.6 Å². The molecule has 0 spiro atoms. The molecule has 6 nitrogen and oxygen atoms in total. The van der Waals surface area contributed by atoms with Gasteiger partial charge in [0.1, 0.15) is 29.0 Å². The fourth-order valence-electron chi connectivity index (χ4n) is 3.70. The van der Waals surface area contributed by atoms with E-state index in [0.717, 1.165) is 11.1 Å². The van der Waals surface area contributed by atoms with Gasteiger partial charge >= 0.3 is 0 Å². The van der Waals surface area contributed by atoms with E-state index in [1.165, 1.54) is 11.8 Å². The third-order valence-corrected chi connectivity index (χ3v) is 6.51. The summed E-state index contributed by atoms with van der Waals surface area (Å²) in [6, 6.07) is 28.7. The Morgan fingerprint density at radius 3 is 2.09 bits per heavy atom. The molecule has 0 saturated heterocycles. The second-order valence-electron chi connectivity index (χ2n) is 7.60. The van der Waals surface area contributed by atoms with Gasteiger partial charge in [-0.1, -0.05) is 78.5 Å². The number of methoxy groups -OCH3 is 1. The molecule has 0 radical (unpaired) electrons. The Balaban J connectivity index is 1.61. The van der Waals surface area contributed by atoms with Crippen molar-refractivity contribution >= 4 is 23.4 Å². The van der Waals surface area contributed by atoms with Gasteiger partial charge in [0.05, 0.1) is 12.9 Å². The number of nitrogens with two attached hydrogens (primary N) is 1. The Bertz CT molecular complexity index is 1450. The number of pyridine rings is 1. The van der Waals surface area contributed by atoms with Crippen LogP contribution in [-0.2, 0) is 0 Å². The Hall–Kier alpha value is -4.59. The minimum Gasteiger partial charge on any atom is -0.497 e. The molecule has 0 aliphatic heterocycles. The summed E-state index contributed by atoms with van der Waals surface area (Å²) in [7, 11) is 1.56. The van der Waals surface area contributed by atoms with Crippen LogP contribution >= 0.6 is 11.8 Å². The number of Topliss-reactive ketones (excluding diaryl/α,β-unsaturated/α-hetero) is 1. The summed E-state index contributed by atoms with van der Waals surface area (Å²) in [5, 5.41) is 20.1. The highest BCUT2D eigenvalue weighted by molar-refractivity contribution is 7.99. The number of carbonyl (C=O) groups is 1. The molecule has 3 N–H and O–H groups in total. The maximum absolute atomic E-state index is 12.9. The first-order valence-corrected chi connectivity index (χ1v) is 11.7. The Morgan fingerprint density at radius 1 is 0.886 bits per heavy atom. The number of nitrogen functional groups attached to an aromatic ring is 1. The summed E-state index contributed by atoms with van der Waals surface area (Å²) < 4.78 is 5.20. The van der Waals surface area contributed by atoms with Crippen molar-refractivity contribution in [2.24, 2.45) is 0 Å². The standard InChI is InChI=1S/C28H20N4O2S/c1-34-22-13-11-21(12-14-22)26-23(15-29)27(31)32-28(24(26)16-30)35-17-25(33)20-9-7-19(8-10-20)18-5-3-2-4-6-18/h2-14H,17H2,1H3,(H2,31,32)/p+1. The van der Waals surface area contributed by atoms with E-state index < -0.39 is 0 Å². The van der Waals surface area contributed by atoms with E-state index in [0.29, 0.717) is 27.5 Å². The number of nitriles is 2. The fourth-order valence-corrected chi connectivity index (χ4v) is 4.61. The molecule has 1 aromatic heterocycles. The minimum atomic E-state index is -0.0826. The molecule has 7 heteroatoms. The molecule has 1 heterocycles. The number of aromatic amines is 1. The predicted molar refractivity (Wildman–Crippen MR) is 136 cm³/mol. The maximum Gasteiger partial charge on any atom is 0.289 e. The van der Waals surface area contributed by atoms with Crippen LogP contribution in [0.4, 0.5) is 5.82 Å². The van der Waals surface area contributed by atoms with E-state index in [-0.39, 0.29) is 28.5 Å². The molecule has 35 heavy (non-hydrogen) atoms. The zero-order valence-electron chi connectivity index (χ0n) is 18.9. The number of benzene rings is 3. The van der Waals surface area contributed by atoms with Crippen LogP contribution in [0, 0.1) is 22.7 Å². The molecule has 0 fully saturated rings. The minimum absolute atomic E-state index is 0.0826. The largest absolute Gasteiger partial charge is 0.497 e. The van der Waals surface area contributed by atoms with E-state index >= 15 is 0 Å². The summed E-state index contributed by atoms with van der Waals surface area (Å²) in [5.74, 6) is 0.809. The van der Waals surface area contributed by atoms with Crippen molar-refractivity contribution in [1.82, 2.24) is 0 Å². The van der Waals surface area contributed by atoms with Crippen molar-refractivity contribution in [3.8, 4) is 40.1 Å². The molecule has 0 amide bonds. The highest BCUT2D eigenvalue weighted by atomic mass is 32.2. The lowest BCUT2D eigenvalue weighted by Crippen LogP contribution is -2.19. The van der Waals surface area contributed by atoms with Crippen molar-refractivity contribution in [1.29, 1.82) is 10.5 Å². The van der Waals surface area contributed by atoms with Crippen LogP contribution in [0.1, 0.15) is 21.5 Å². The van der Waals surface area contributed by atoms with Gasteiger partial charge < -0.3 is 4.74 Å². The van der Waals surface area contributed by atoms with Crippen LogP contribution < -0.4 is 15.5 Å². The number of aromatic nitrogens is 1. The lowest BCUT2D eigenvalue weighted by molar-refractivity contribution is -0.410. The monoisotopic (exact) mass is 477 g/mol. The van der Waals surface area contributed by atoms with E-state index in [2.05, 4.69) is 17.1 Å². The van der Waals surface area contributed by atoms with Gasteiger partial charge in [-0.2, -0.15) is 10.5 Å². The van der Waals surface area contributed by atoms with Crippen molar-refractivity contribution in [2.45, 2.75) is 5.03 Å². The van der Waals surface area contributed by atoms with Gasteiger partial charge in [0.25, 0.3) is 5.82 Å². The number of nitrogens with one attached hydrogen (secondary N) is 1. The number of thioether (sulfide) groups is 1. The smallest absolute Gasteiger partial charge is 0.289 e. The molecule has 0 saturated carbocycles. The third kappa shape index (κ3) is 5.01. The molecule has 0 bridgehead atoms. The third-order valence-electron chi connectivity index (χ3n) is 5.51. The molecule has 0 atom stereocenters. The second-order valence-corrected chi connectivity index (χ2v) is 8.59. The summed E-state index contributed by atoms with van der Waals surface area (Å²) >= 11 is 1.18. The van der Waals surface area contributed by atoms with Crippen LogP contribution in [0.25, 0.3) is 22.3 Å². The Kier molecular flexibility index (Phi) is 7.11. The van der Waals surface area contributed by atoms with Gasteiger partial charge in [-0.05, 0) is 28.8 Å². The van der Waals surface area contributed by atoms with Crippen LogP contribution in [0.3, 0.4) is 0 Å². The summed E-state index contributed by atoms with van der Waals surface area (Å²) in [6.45, 7) is 0. The van der Waals surface area contributed by atoms with E-state index in [1.807, 2.05) is 42.5 Å². The quantitative estimate of drug-likeness (QED) is 0.291. The van der Waals surface area contributed by atoms with Gasteiger partial charge in [0, 0.05) is 11.1 Å². The molecule has 0 unspecified atom stereocenters. The number of anilines is 1. The topological polar surface area (TPSA) is 114 Å². The summed E-state index contributed by atoms with van der Waals surface area (Å²) in [5.41, 5.74) is 10.3. The lowest BCUT2D eigenvalue weighted by Gasteiger charge is -2.11. The Labute approximate surface area is 207 Å². The van der Waals surface area contributed by atoms with Gasteiger partial charge in [0.2, 0.25) is 0 Å². The molecule has 0 aliphatic carbocycles. The van der Waals surface area contributed by atoms with E-state index in [4.69, 9.17) is 10.5 Å². The normalized spacial score (nSPS) is 10.3. The number of carbonyl (C=O) groups excluding carboxylic acids is 1. The molecular formula is C28H21N4O2S+. The average molecular weight is 478 g/mol. The lowest BCUT2D eigenvalue weighted by atomic mass is 9.97. The first kappa shape index (κ1) is 23.6. The summed E-state index contributed by atoms with van der Waals surface area (Å²) in [6.07, 6.45) is 0. The number of rotatable bonds is 7. The maximum atomic E-state index is 12.9. The van der Waals surface area contributed by atoms with Crippen molar-refractivity contribution < 1.29 is 14.5 Å². The molecule has 3 aromatic carbocycles. The van der Waals surface area contributed by atoms with Crippen molar-refractivity contribution in [2.75, 3.05) is 18.6 Å². The average Bonchev–Trinajstić information content (AvgIpc) is 2.92. The van der Waals surface area contributed by atoms with E-state index in [9.17, 15) is 15.3 Å². The highest BCUT2D eigenvalue weighted by Crippen LogP contribution is 2.34. The molecule has 0 aliphatic rings. The molecule has 4 rings (SSSR count). The molecular weight excluding hydrogens is 456 g/mol. The van der Waals surface area contributed by atoms with Crippen LogP contribution in [0.5, 0.6) is 5.75 Å². The number of hydrogen-bond donors (Lipinski definition) is 1. The number of H-pyrrole nitrogens is 1. The second kappa shape index (κ2) is 10.6. The molecule has 170 valence electrons. The first-order valence-electron chi connectivity index (χ1n) is 10.7. The van der Waals surface area contributed by atoms with Gasteiger partial charge in [0.15, 0.2) is 10.8 Å². The van der Waals surface area contributed by atoms with Gasteiger partial charge in [-0.25, -0.2) is 4.98 Å². The van der Waals surface area contributed by atoms with Crippen molar-refractivity contribution in [3.63, 3.8) is 0 Å². The van der Waals surface area contributed by atoms with Crippen LogP contribution in [0.2, 0.25) is 0 Å². The molecule has 4 aromatic rings. The SMILES string of the molecule is COc1ccc(-c2c(C#N)c(N)[nH+]c(SCC(=O)c3ccc(-c4ccccc4)cc3)c2C#N)cc1. The summed E-state index contributed by atoms with van der Waals surface area (Å²) in [4.78, 5) is 15.8. The first-order chi connectivity index (χ1) is 17.0. The zero-order chi connectivity index (χ0) is 24.8. The number of ketones is 1. The van der Waals surface area contributed by atoms with Crippen molar-refractivity contribution in [3.05, 3.63) is 95.6 Å². The fraction of sp³-hybridized carbons (Fsp3) is 0.0714. The number of hydrogen-bond acceptors (Lipinski definition) is 6. The predicted octanol–water partition coefficient (Wildman–Crippen LogP) is 5.14. The van der Waals surface area contributed by atoms with Crippen LogP contribution in [0.15, 0.2) is 83.9 Å². The van der Waals surface area contributed by atoms with E-state index in [1.54, 1.807) is 43.5 Å². The van der Waals surface area contributed by atoms with Gasteiger partial charge in [-0.15, -0.1) is 0 Å². The zero-order valence-corrected chi connectivity index (χ0v) is 19.7. The van der Waals surface area contributed by atoms with Gasteiger partial charge in [-0.3, -0.25) is 10.5 Å². The number of nitrogens with zero attached hydrogens (tertiary/aromatic N) is 2. The number of ether oxygens (including phenoxy) is 1. The highest BCUT2D eigenvalue weighted by Gasteiger charge is 2.24.